The van der Waals surface area contributed by atoms with Gasteiger partial charge in [0.2, 0.25) is 5.91 Å². The molecule has 1 amide bonds. The number of amides is 1. The van der Waals surface area contributed by atoms with Crippen molar-refractivity contribution in [3.05, 3.63) is 23.8 Å². The normalized spacial score (nSPS) is 11.8. The standard InChI is InChI=1S/C16H26N2O3/c1-5-6-12(2)18-16(19)11-17-10-13-7-8-14(20-3)9-15(13)21-4/h7-9,12,17H,5-6,10-11H2,1-4H3,(H,18,19). The van der Waals surface area contributed by atoms with E-state index in [0.717, 1.165) is 29.9 Å². The molecule has 5 heteroatoms. The van der Waals surface area contributed by atoms with Crippen LogP contribution in [0, 0.1) is 0 Å². The number of ether oxygens (including phenoxy) is 2. The number of benzene rings is 1. The van der Waals surface area contributed by atoms with E-state index in [1.54, 1.807) is 14.2 Å². The van der Waals surface area contributed by atoms with Gasteiger partial charge < -0.3 is 20.1 Å². The molecule has 118 valence electrons. The number of hydrogen-bond acceptors (Lipinski definition) is 4. The Kier molecular flexibility index (Phi) is 7.61. The zero-order valence-electron chi connectivity index (χ0n) is 13.4. The predicted molar refractivity (Wildman–Crippen MR) is 83.8 cm³/mol. The third-order valence-electron chi connectivity index (χ3n) is 3.22. The maximum Gasteiger partial charge on any atom is 0.234 e. The molecule has 0 aliphatic rings. The molecule has 0 saturated carbocycles. The fourth-order valence-corrected chi connectivity index (χ4v) is 2.14. The van der Waals surface area contributed by atoms with Crippen molar-refractivity contribution in [2.45, 2.75) is 39.3 Å². The van der Waals surface area contributed by atoms with Crippen LogP contribution in [-0.2, 0) is 11.3 Å². The van der Waals surface area contributed by atoms with Crippen molar-refractivity contribution in [3.8, 4) is 11.5 Å². The first-order valence-electron chi connectivity index (χ1n) is 7.31. The van der Waals surface area contributed by atoms with Crippen LogP contribution >= 0.6 is 0 Å². The molecule has 1 aromatic carbocycles. The van der Waals surface area contributed by atoms with E-state index in [1.165, 1.54) is 0 Å². The monoisotopic (exact) mass is 294 g/mol. The highest BCUT2D eigenvalue weighted by Gasteiger charge is 2.08. The van der Waals surface area contributed by atoms with Gasteiger partial charge in [-0.05, 0) is 19.4 Å². The third kappa shape index (κ3) is 6.04. The Labute approximate surface area is 127 Å². The van der Waals surface area contributed by atoms with Crippen LogP contribution in [0.1, 0.15) is 32.3 Å². The second kappa shape index (κ2) is 9.23. The Morgan fingerprint density at radius 2 is 2.05 bits per heavy atom. The van der Waals surface area contributed by atoms with Gasteiger partial charge in [-0.3, -0.25) is 4.79 Å². The van der Waals surface area contributed by atoms with E-state index in [0.29, 0.717) is 13.1 Å². The lowest BCUT2D eigenvalue weighted by Gasteiger charge is -2.14. The molecule has 0 heterocycles. The summed E-state index contributed by atoms with van der Waals surface area (Å²) in [6.45, 7) is 5.00. The molecule has 0 fully saturated rings. The van der Waals surface area contributed by atoms with Crippen molar-refractivity contribution >= 4 is 5.91 Å². The summed E-state index contributed by atoms with van der Waals surface area (Å²) in [6, 6.07) is 5.87. The Morgan fingerprint density at radius 3 is 2.67 bits per heavy atom. The van der Waals surface area contributed by atoms with Crippen molar-refractivity contribution in [2.75, 3.05) is 20.8 Å². The van der Waals surface area contributed by atoms with E-state index in [1.807, 2.05) is 25.1 Å². The van der Waals surface area contributed by atoms with Gasteiger partial charge in [0.1, 0.15) is 11.5 Å². The van der Waals surface area contributed by atoms with E-state index >= 15 is 0 Å². The summed E-state index contributed by atoms with van der Waals surface area (Å²) in [5.41, 5.74) is 0.993. The second-order valence-corrected chi connectivity index (χ2v) is 5.04. The van der Waals surface area contributed by atoms with Crippen LogP contribution in [0.15, 0.2) is 18.2 Å². The van der Waals surface area contributed by atoms with Crippen LogP contribution in [0.3, 0.4) is 0 Å². The van der Waals surface area contributed by atoms with Gasteiger partial charge in [-0.15, -0.1) is 0 Å². The number of carbonyl (C=O) groups is 1. The smallest absolute Gasteiger partial charge is 0.234 e. The molecule has 0 radical (unpaired) electrons. The number of rotatable bonds is 9. The van der Waals surface area contributed by atoms with Crippen LogP contribution in [-0.4, -0.2) is 32.7 Å². The first-order chi connectivity index (χ1) is 10.1. The number of nitrogens with one attached hydrogen (secondary N) is 2. The molecule has 1 atom stereocenters. The molecule has 0 aliphatic heterocycles. The summed E-state index contributed by atoms with van der Waals surface area (Å²) < 4.78 is 10.5. The van der Waals surface area contributed by atoms with Gasteiger partial charge in [-0.2, -0.15) is 0 Å². The minimum Gasteiger partial charge on any atom is -0.497 e. The van der Waals surface area contributed by atoms with E-state index in [-0.39, 0.29) is 11.9 Å². The van der Waals surface area contributed by atoms with Gasteiger partial charge in [0.15, 0.2) is 0 Å². The highest BCUT2D eigenvalue weighted by atomic mass is 16.5. The van der Waals surface area contributed by atoms with Crippen LogP contribution in [0.4, 0.5) is 0 Å². The van der Waals surface area contributed by atoms with Crippen LogP contribution < -0.4 is 20.1 Å². The summed E-state index contributed by atoms with van der Waals surface area (Å²) in [7, 11) is 3.24. The summed E-state index contributed by atoms with van der Waals surface area (Å²) in [4.78, 5) is 11.7. The van der Waals surface area contributed by atoms with Crippen molar-refractivity contribution < 1.29 is 14.3 Å². The zero-order chi connectivity index (χ0) is 15.7. The molecular formula is C16H26N2O3. The molecule has 0 bridgehead atoms. The zero-order valence-corrected chi connectivity index (χ0v) is 13.4. The molecule has 5 nitrogen and oxygen atoms in total. The van der Waals surface area contributed by atoms with Crippen LogP contribution in [0.25, 0.3) is 0 Å². The minimum atomic E-state index is 0.0171. The number of methoxy groups -OCH3 is 2. The molecule has 1 rings (SSSR count). The van der Waals surface area contributed by atoms with Crippen LogP contribution in [0.2, 0.25) is 0 Å². The Bertz CT molecular complexity index is 449. The minimum absolute atomic E-state index is 0.0171. The molecule has 0 saturated heterocycles. The van der Waals surface area contributed by atoms with E-state index in [4.69, 9.17) is 9.47 Å². The van der Waals surface area contributed by atoms with Crippen molar-refractivity contribution in [1.82, 2.24) is 10.6 Å². The lowest BCUT2D eigenvalue weighted by molar-refractivity contribution is -0.120. The first kappa shape index (κ1) is 17.3. The van der Waals surface area contributed by atoms with Gasteiger partial charge in [0.25, 0.3) is 0 Å². The SMILES string of the molecule is CCCC(C)NC(=O)CNCc1ccc(OC)cc1OC. The number of carbonyl (C=O) groups excluding carboxylic acids is 1. The largest absolute Gasteiger partial charge is 0.497 e. The summed E-state index contributed by atoms with van der Waals surface area (Å²) in [5.74, 6) is 1.52. The Balaban J connectivity index is 2.43. The van der Waals surface area contributed by atoms with Crippen molar-refractivity contribution in [3.63, 3.8) is 0 Å². The van der Waals surface area contributed by atoms with E-state index in [9.17, 15) is 4.79 Å². The van der Waals surface area contributed by atoms with Gasteiger partial charge in [-0.25, -0.2) is 0 Å². The Morgan fingerprint density at radius 1 is 1.29 bits per heavy atom. The lowest BCUT2D eigenvalue weighted by Crippen LogP contribution is -2.38. The van der Waals surface area contributed by atoms with Gasteiger partial charge in [-0.1, -0.05) is 19.4 Å². The fraction of sp³-hybridized carbons (Fsp3) is 0.562. The molecule has 21 heavy (non-hydrogen) atoms. The lowest BCUT2D eigenvalue weighted by atomic mass is 10.2. The molecule has 0 aliphatic carbocycles. The summed E-state index contributed by atoms with van der Waals surface area (Å²) in [6.07, 6.45) is 2.07. The highest BCUT2D eigenvalue weighted by molar-refractivity contribution is 5.78. The molecule has 2 N–H and O–H groups in total. The topological polar surface area (TPSA) is 59.6 Å². The van der Waals surface area contributed by atoms with Crippen LogP contribution in [0.5, 0.6) is 11.5 Å². The fourth-order valence-electron chi connectivity index (χ4n) is 2.14. The van der Waals surface area contributed by atoms with E-state index in [2.05, 4.69) is 17.6 Å². The maximum absolute atomic E-state index is 11.7. The highest BCUT2D eigenvalue weighted by Crippen LogP contribution is 2.24. The molecule has 0 spiro atoms. The van der Waals surface area contributed by atoms with E-state index < -0.39 is 0 Å². The second-order valence-electron chi connectivity index (χ2n) is 5.04. The molecular weight excluding hydrogens is 268 g/mol. The molecule has 0 aromatic heterocycles. The summed E-state index contributed by atoms with van der Waals surface area (Å²) >= 11 is 0. The summed E-state index contributed by atoms with van der Waals surface area (Å²) in [5, 5.41) is 6.09. The average molecular weight is 294 g/mol. The Hall–Kier alpha value is -1.75. The first-order valence-corrected chi connectivity index (χ1v) is 7.31. The molecule has 1 aromatic rings. The van der Waals surface area contributed by atoms with Gasteiger partial charge in [0, 0.05) is 24.2 Å². The number of hydrogen-bond donors (Lipinski definition) is 2. The van der Waals surface area contributed by atoms with Crippen molar-refractivity contribution in [2.24, 2.45) is 0 Å². The van der Waals surface area contributed by atoms with Crippen molar-refractivity contribution in [1.29, 1.82) is 0 Å². The van der Waals surface area contributed by atoms with Gasteiger partial charge >= 0.3 is 0 Å². The predicted octanol–water partition coefficient (Wildman–Crippen LogP) is 2.10. The third-order valence-corrected chi connectivity index (χ3v) is 3.22. The average Bonchev–Trinajstić information content (AvgIpc) is 2.47. The van der Waals surface area contributed by atoms with Gasteiger partial charge in [0.05, 0.1) is 20.8 Å². The maximum atomic E-state index is 11.7. The quantitative estimate of drug-likeness (QED) is 0.732. The molecule has 1 unspecified atom stereocenters.